The lowest BCUT2D eigenvalue weighted by molar-refractivity contribution is -0.130. The lowest BCUT2D eigenvalue weighted by Crippen LogP contribution is -2.28. The van der Waals surface area contributed by atoms with E-state index in [1.807, 2.05) is 37.4 Å². The van der Waals surface area contributed by atoms with Crippen molar-refractivity contribution in [2.24, 2.45) is 5.73 Å². The van der Waals surface area contributed by atoms with E-state index in [1.54, 1.807) is 4.90 Å². The minimum atomic E-state index is 0. The summed E-state index contributed by atoms with van der Waals surface area (Å²) in [6, 6.07) is 9.69. The number of benzene rings is 1. The summed E-state index contributed by atoms with van der Waals surface area (Å²) in [4.78, 5) is 13.3. The third kappa shape index (κ3) is 7.70. The summed E-state index contributed by atoms with van der Waals surface area (Å²) in [6.07, 6.45) is 2.12. The Kier molecular flexibility index (Phi) is 9.94. The number of amides is 1. The number of halogens is 1. The number of carbonyl (C=O) groups excluding carboxylic acids is 1. The maximum Gasteiger partial charge on any atom is 0.222 e. The topological polar surface area (TPSA) is 55.6 Å². The molecule has 0 fully saturated rings. The Labute approximate surface area is 121 Å². The molecule has 1 aromatic carbocycles. The van der Waals surface area contributed by atoms with Crippen molar-refractivity contribution in [1.29, 1.82) is 0 Å². The number of hydrogen-bond donors (Lipinski definition) is 1. The van der Waals surface area contributed by atoms with Crippen LogP contribution in [0.5, 0.6) is 5.75 Å². The van der Waals surface area contributed by atoms with Crippen LogP contribution in [0.3, 0.4) is 0 Å². The maximum atomic E-state index is 11.6. The van der Waals surface area contributed by atoms with E-state index in [1.165, 1.54) is 0 Å². The largest absolute Gasteiger partial charge is 0.494 e. The molecule has 1 aromatic rings. The van der Waals surface area contributed by atoms with Gasteiger partial charge in [0.25, 0.3) is 0 Å². The molecule has 0 aliphatic carbocycles. The Morgan fingerprint density at radius 1 is 1.26 bits per heavy atom. The van der Waals surface area contributed by atoms with Crippen LogP contribution < -0.4 is 10.5 Å². The van der Waals surface area contributed by atoms with Crippen LogP contribution in [0.15, 0.2) is 30.3 Å². The molecule has 0 heterocycles. The molecular weight excluding hydrogens is 264 g/mol. The zero-order chi connectivity index (χ0) is 13.2. The lowest BCUT2D eigenvalue weighted by Gasteiger charge is -2.17. The van der Waals surface area contributed by atoms with Crippen LogP contribution in [0, 0.1) is 0 Å². The first-order valence-electron chi connectivity index (χ1n) is 6.36. The summed E-state index contributed by atoms with van der Waals surface area (Å²) in [5.41, 5.74) is 5.37. The highest BCUT2D eigenvalue weighted by atomic mass is 35.5. The molecule has 0 aliphatic heterocycles. The van der Waals surface area contributed by atoms with E-state index in [0.29, 0.717) is 19.6 Å². The number of rotatable bonds is 8. The van der Waals surface area contributed by atoms with Crippen LogP contribution in [-0.4, -0.2) is 37.6 Å². The van der Waals surface area contributed by atoms with Gasteiger partial charge in [0.1, 0.15) is 5.75 Å². The maximum absolute atomic E-state index is 11.6. The predicted octanol–water partition coefficient (Wildman–Crippen LogP) is 2.07. The highest BCUT2D eigenvalue weighted by Crippen LogP contribution is 2.08. The molecule has 0 atom stereocenters. The number of ether oxygens (including phenoxy) is 1. The van der Waals surface area contributed by atoms with Crippen LogP contribution in [-0.2, 0) is 4.79 Å². The minimum absolute atomic E-state index is 0. The average Bonchev–Trinajstić information content (AvgIpc) is 2.41. The summed E-state index contributed by atoms with van der Waals surface area (Å²) >= 11 is 0. The van der Waals surface area contributed by atoms with Crippen molar-refractivity contribution >= 4 is 18.3 Å². The van der Waals surface area contributed by atoms with Gasteiger partial charge >= 0.3 is 0 Å². The van der Waals surface area contributed by atoms with Gasteiger partial charge in [0, 0.05) is 20.0 Å². The van der Waals surface area contributed by atoms with Crippen molar-refractivity contribution < 1.29 is 9.53 Å². The molecule has 0 unspecified atom stereocenters. The third-order valence-electron chi connectivity index (χ3n) is 2.67. The van der Waals surface area contributed by atoms with Gasteiger partial charge in [-0.2, -0.15) is 0 Å². The van der Waals surface area contributed by atoms with Crippen molar-refractivity contribution in [1.82, 2.24) is 4.90 Å². The fourth-order valence-corrected chi connectivity index (χ4v) is 1.58. The van der Waals surface area contributed by atoms with E-state index in [4.69, 9.17) is 10.5 Å². The third-order valence-corrected chi connectivity index (χ3v) is 2.67. The van der Waals surface area contributed by atoms with Crippen molar-refractivity contribution in [3.8, 4) is 5.75 Å². The van der Waals surface area contributed by atoms with Crippen molar-refractivity contribution in [2.45, 2.75) is 19.3 Å². The Morgan fingerprint density at radius 2 is 1.95 bits per heavy atom. The van der Waals surface area contributed by atoms with Gasteiger partial charge in [-0.15, -0.1) is 12.4 Å². The first kappa shape index (κ1) is 17.7. The molecular formula is C14H23ClN2O2. The fourth-order valence-electron chi connectivity index (χ4n) is 1.58. The van der Waals surface area contributed by atoms with Gasteiger partial charge in [-0.05, 0) is 31.5 Å². The second kappa shape index (κ2) is 10.6. The fraction of sp³-hybridized carbons (Fsp3) is 0.500. The monoisotopic (exact) mass is 286 g/mol. The molecule has 0 bridgehead atoms. The molecule has 0 aromatic heterocycles. The molecule has 5 heteroatoms. The minimum Gasteiger partial charge on any atom is -0.494 e. The smallest absolute Gasteiger partial charge is 0.222 e. The van der Waals surface area contributed by atoms with E-state index in [2.05, 4.69) is 0 Å². The van der Waals surface area contributed by atoms with Crippen LogP contribution in [0.1, 0.15) is 19.3 Å². The molecule has 0 aliphatic rings. The molecule has 4 nitrogen and oxygen atoms in total. The van der Waals surface area contributed by atoms with Gasteiger partial charge in [0.05, 0.1) is 6.61 Å². The summed E-state index contributed by atoms with van der Waals surface area (Å²) < 4.78 is 5.56. The number of carbonyl (C=O) groups is 1. The average molecular weight is 287 g/mol. The zero-order valence-electron chi connectivity index (χ0n) is 11.4. The molecule has 0 saturated heterocycles. The first-order valence-corrected chi connectivity index (χ1v) is 6.36. The van der Waals surface area contributed by atoms with Crippen LogP contribution in [0.25, 0.3) is 0 Å². The summed E-state index contributed by atoms with van der Waals surface area (Å²) in [5, 5.41) is 0. The number of nitrogens with zero attached hydrogens (tertiary/aromatic N) is 1. The molecule has 0 spiro atoms. The molecule has 108 valence electrons. The normalized spacial score (nSPS) is 9.58. The summed E-state index contributed by atoms with van der Waals surface area (Å²) in [5.74, 6) is 1.02. The van der Waals surface area contributed by atoms with Gasteiger partial charge in [-0.1, -0.05) is 18.2 Å². The van der Waals surface area contributed by atoms with E-state index < -0.39 is 0 Å². The highest BCUT2D eigenvalue weighted by Gasteiger charge is 2.07. The SMILES string of the molecule is CN(CCCOc1ccccc1)C(=O)CCCN.Cl. The second-order valence-corrected chi connectivity index (χ2v) is 4.22. The molecule has 2 N–H and O–H groups in total. The van der Waals surface area contributed by atoms with Crippen LogP contribution in [0.2, 0.25) is 0 Å². The molecule has 0 radical (unpaired) electrons. The van der Waals surface area contributed by atoms with Gasteiger partial charge in [0.15, 0.2) is 0 Å². The van der Waals surface area contributed by atoms with Gasteiger partial charge in [-0.3, -0.25) is 4.79 Å². The van der Waals surface area contributed by atoms with E-state index >= 15 is 0 Å². The number of hydrogen-bond acceptors (Lipinski definition) is 3. The van der Waals surface area contributed by atoms with Crippen LogP contribution in [0.4, 0.5) is 0 Å². The molecule has 0 saturated carbocycles. The Bertz CT molecular complexity index is 347. The standard InChI is InChI=1S/C14H22N2O2.ClH/c1-16(14(17)9-5-10-15)11-6-12-18-13-7-3-2-4-8-13;/h2-4,7-8H,5-6,9-12,15H2,1H3;1H. The quantitative estimate of drug-likeness (QED) is 0.745. The van der Waals surface area contributed by atoms with Gasteiger partial charge in [0.2, 0.25) is 5.91 Å². The van der Waals surface area contributed by atoms with E-state index in [0.717, 1.165) is 25.1 Å². The number of para-hydroxylation sites is 1. The summed E-state index contributed by atoms with van der Waals surface area (Å²) in [6.45, 7) is 1.91. The van der Waals surface area contributed by atoms with Crippen molar-refractivity contribution in [2.75, 3.05) is 26.7 Å². The second-order valence-electron chi connectivity index (χ2n) is 4.22. The Hall–Kier alpha value is -1.26. The van der Waals surface area contributed by atoms with Crippen LogP contribution >= 0.6 is 12.4 Å². The van der Waals surface area contributed by atoms with E-state index in [9.17, 15) is 4.79 Å². The van der Waals surface area contributed by atoms with E-state index in [-0.39, 0.29) is 18.3 Å². The highest BCUT2D eigenvalue weighted by molar-refractivity contribution is 5.85. The van der Waals surface area contributed by atoms with Gasteiger partial charge in [-0.25, -0.2) is 0 Å². The first-order chi connectivity index (χ1) is 8.74. The zero-order valence-corrected chi connectivity index (χ0v) is 12.2. The summed E-state index contributed by atoms with van der Waals surface area (Å²) in [7, 11) is 1.82. The van der Waals surface area contributed by atoms with Gasteiger partial charge < -0.3 is 15.4 Å². The molecule has 1 amide bonds. The Balaban J connectivity index is 0.00000324. The van der Waals surface area contributed by atoms with Crippen molar-refractivity contribution in [3.05, 3.63) is 30.3 Å². The predicted molar refractivity (Wildman–Crippen MR) is 79.7 cm³/mol. The Morgan fingerprint density at radius 3 is 2.58 bits per heavy atom. The molecule has 19 heavy (non-hydrogen) atoms. The molecule has 1 rings (SSSR count). The lowest BCUT2D eigenvalue weighted by atomic mass is 10.2. The van der Waals surface area contributed by atoms with Crippen molar-refractivity contribution in [3.63, 3.8) is 0 Å². The number of nitrogens with two attached hydrogens (primary N) is 1.